The molecular weight excluding hydrogens is 322 g/mol. The van der Waals surface area contributed by atoms with Gasteiger partial charge < -0.3 is 5.11 Å². The minimum Gasteiger partial charge on any atom is -0.478 e. The largest absolute Gasteiger partial charge is 0.478 e. The van der Waals surface area contributed by atoms with E-state index in [0.29, 0.717) is 6.04 Å². The van der Waals surface area contributed by atoms with E-state index in [1.165, 1.54) is 37.9 Å². The van der Waals surface area contributed by atoms with Crippen LogP contribution in [0, 0.1) is 0 Å². The van der Waals surface area contributed by atoms with Crippen molar-refractivity contribution in [1.29, 1.82) is 0 Å². The summed E-state index contributed by atoms with van der Waals surface area (Å²) in [6, 6.07) is 14.0. The van der Waals surface area contributed by atoms with Crippen LogP contribution in [0.15, 0.2) is 42.5 Å². The third kappa shape index (κ3) is 3.63. The maximum atomic E-state index is 11.1. The molecule has 1 N–H and O–H groups in total. The van der Waals surface area contributed by atoms with E-state index in [1.807, 2.05) is 0 Å². The zero-order valence-corrected chi connectivity index (χ0v) is 14.6. The molecule has 1 heterocycles. The molecule has 1 aliphatic heterocycles. The Labute approximate surface area is 147 Å². The van der Waals surface area contributed by atoms with E-state index >= 15 is 0 Å². The first kappa shape index (κ1) is 17.0. The van der Waals surface area contributed by atoms with Crippen LogP contribution in [-0.4, -0.2) is 29.1 Å². The van der Waals surface area contributed by atoms with Crippen LogP contribution >= 0.6 is 11.6 Å². The molecule has 0 amide bonds. The molecule has 0 unspecified atom stereocenters. The fourth-order valence-corrected chi connectivity index (χ4v) is 3.60. The first-order valence-electron chi connectivity index (χ1n) is 8.43. The minimum atomic E-state index is -1.00. The van der Waals surface area contributed by atoms with Crippen LogP contribution in [0.4, 0.5) is 0 Å². The quantitative estimate of drug-likeness (QED) is 0.824. The lowest BCUT2D eigenvalue weighted by Crippen LogP contribution is -2.32. The van der Waals surface area contributed by atoms with Crippen molar-refractivity contribution in [1.82, 2.24) is 4.90 Å². The molecule has 0 aliphatic carbocycles. The molecule has 3 rings (SSSR count). The van der Waals surface area contributed by atoms with Gasteiger partial charge in [-0.15, -0.1) is 0 Å². The summed E-state index contributed by atoms with van der Waals surface area (Å²) in [5, 5.41) is 9.33. The number of hydrogen-bond acceptors (Lipinski definition) is 2. The third-order valence-electron chi connectivity index (χ3n) is 4.86. The van der Waals surface area contributed by atoms with Gasteiger partial charge in [0.15, 0.2) is 0 Å². The van der Waals surface area contributed by atoms with E-state index in [9.17, 15) is 4.79 Å². The molecule has 1 atom stereocenters. The summed E-state index contributed by atoms with van der Waals surface area (Å²) in [6.07, 6.45) is 3.92. The van der Waals surface area contributed by atoms with Gasteiger partial charge in [0, 0.05) is 6.04 Å². The van der Waals surface area contributed by atoms with E-state index in [-0.39, 0.29) is 10.6 Å². The molecular formula is C20H22ClNO2. The molecule has 0 aromatic heterocycles. The van der Waals surface area contributed by atoms with Crippen LogP contribution in [0.5, 0.6) is 0 Å². The standard InChI is InChI=1S/C20H22ClNO2/c1-14(22-11-3-2-4-12-22)15-5-7-16(8-6-15)17-9-10-18(20(23)24)19(21)13-17/h5-10,13-14H,2-4,11-12H2,1H3,(H,23,24)/t14-/m1/s1. The number of likely N-dealkylation sites (tertiary alicyclic amines) is 1. The SMILES string of the molecule is C[C@H](c1ccc(-c2ccc(C(=O)O)c(Cl)c2)cc1)N1CCCCC1. The monoisotopic (exact) mass is 343 g/mol. The second-order valence-corrected chi connectivity index (χ2v) is 6.80. The highest BCUT2D eigenvalue weighted by Crippen LogP contribution is 2.29. The highest BCUT2D eigenvalue weighted by molar-refractivity contribution is 6.33. The molecule has 0 saturated carbocycles. The molecule has 0 bridgehead atoms. The summed E-state index contributed by atoms with van der Waals surface area (Å²) in [6.45, 7) is 4.61. The van der Waals surface area contributed by atoms with Gasteiger partial charge in [-0.1, -0.05) is 48.4 Å². The number of benzene rings is 2. The Morgan fingerprint density at radius 2 is 1.67 bits per heavy atom. The van der Waals surface area contributed by atoms with Crippen molar-refractivity contribution in [3.05, 3.63) is 58.6 Å². The molecule has 24 heavy (non-hydrogen) atoms. The Kier molecular flexibility index (Phi) is 5.22. The average molecular weight is 344 g/mol. The van der Waals surface area contributed by atoms with Crippen LogP contribution in [0.1, 0.15) is 48.1 Å². The number of carboxylic acids is 1. The van der Waals surface area contributed by atoms with E-state index in [4.69, 9.17) is 16.7 Å². The number of piperidine rings is 1. The topological polar surface area (TPSA) is 40.5 Å². The van der Waals surface area contributed by atoms with Gasteiger partial charge >= 0.3 is 5.97 Å². The van der Waals surface area contributed by atoms with E-state index in [1.54, 1.807) is 18.2 Å². The number of carboxylic acid groups (broad SMARTS) is 1. The van der Waals surface area contributed by atoms with Gasteiger partial charge in [0.05, 0.1) is 10.6 Å². The van der Waals surface area contributed by atoms with Gasteiger partial charge in [-0.05, 0) is 61.7 Å². The fraction of sp³-hybridized carbons (Fsp3) is 0.350. The number of carbonyl (C=O) groups is 1. The Balaban J connectivity index is 1.79. The number of rotatable bonds is 4. The normalized spacial score (nSPS) is 16.8. The molecule has 126 valence electrons. The van der Waals surface area contributed by atoms with Gasteiger partial charge in [-0.25, -0.2) is 4.79 Å². The zero-order valence-electron chi connectivity index (χ0n) is 13.8. The molecule has 4 heteroatoms. The highest BCUT2D eigenvalue weighted by atomic mass is 35.5. The van der Waals surface area contributed by atoms with Crippen molar-refractivity contribution in [2.24, 2.45) is 0 Å². The average Bonchev–Trinajstić information content (AvgIpc) is 2.61. The predicted molar refractivity (Wildman–Crippen MR) is 97.7 cm³/mol. The van der Waals surface area contributed by atoms with Gasteiger partial charge in [0.2, 0.25) is 0 Å². The zero-order chi connectivity index (χ0) is 17.1. The van der Waals surface area contributed by atoms with Crippen molar-refractivity contribution in [2.75, 3.05) is 13.1 Å². The Morgan fingerprint density at radius 1 is 1.04 bits per heavy atom. The molecule has 2 aromatic rings. The summed E-state index contributed by atoms with van der Waals surface area (Å²) >= 11 is 6.07. The number of hydrogen-bond donors (Lipinski definition) is 1. The van der Waals surface area contributed by atoms with Crippen molar-refractivity contribution < 1.29 is 9.90 Å². The molecule has 0 spiro atoms. The smallest absolute Gasteiger partial charge is 0.337 e. The lowest BCUT2D eigenvalue weighted by molar-refractivity contribution is 0.0697. The number of halogens is 1. The predicted octanol–water partition coefficient (Wildman–Crippen LogP) is 5.25. The molecule has 2 aromatic carbocycles. The van der Waals surface area contributed by atoms with Gasteiger partial charge in [-0.3, -0.25) is 4.90 Å². The van der Waals surface area contributed by atoms with Crippen molar-refractivity contribution in [2.45, 2.75) is 32.2 Å². The van der Waals surface area contributed by atoms with Crippen LogP contribution in [0.25, 0.3) is 11.1 Å². The Morgan fingerprint density at radius 3 is 2.25 bits per heavy atom. The van der Waals surface area contributed by atoms with Crippen LogP contribution in [0.2, 0.25) is 5.02 Å². The third-order valence-corrected chi connectivity index (χ3v) is 5.18. The molecule has 1 aliphatic rings. The van der Waals surface area contributed by atoms with Crippen molar-refractivity contribution in [3.8, 4) is 11.1 Å². The van der Waals surface area contributed by atoms with Crippen LogP contribution in [-0.2, 0) is 0 Å². The maximum Gasteiger partial charge on any atom is 0.337 e. The van der Waals surface area contributed by atoms with E-state index in [2.05, 4.69) is 36.1 Å². The maximum absolute atomic E-state index is 11.1. The molecule has 1 fully saturated rings. The van der Waals surface area contributed by atoms with E-state index < -0.39 is 5.97 Å². The minimum absolute atomic E-state index is 0.135. The summed E-state index contributed by atoms with van der Waals surface area (Å²) in [5.41, 5.74) is 3.43. The second kappa shape index (κ2) is 7.37. The van der Waals surface area contributed by atoms with Crippen LogP contribution < -0.4 is 0 Å². The molecule has 3 nitrogen and oxygen atoms in total. The van der Waals surface area contributed by atoms with Crippen LogP contribution in [0.3, 0.4) is 0 Å². The summed E-state index contributed by atoms with van der Waals surface area (Å²) < 4.78 is 0. The van der Waals surface area contributed by atoms with Gasteiger partial charge in [-0.2, -0.15) is 0 Å². The second-order valence-electron chi connectivity index (χ2n) is 6.39. The molecule has 1 saturated heterocycles. The number of nitrogens with zero attached hydrogens (tertiary/aromatic N) is 1. The van der Waals surface area contributed by atoms with Gasteiger partial charge in [0.25, 0.3) is 0 Å². The summed E-state index contributed by atoms with van der Waals surface area (Å²) in [7, 11) is 0. The summed E-state index contributed by atoms with van der Waals surface area (Å²) in [5.74, 6) is -1.00. The van der Waals surface area contributed by atoms with E-state index in [0.717, 1.165) is 11.1 Å². The first-order chi connectivity index (χ1) is 11.6. The summed E-state index contributed by atoms with van der Waals surface area (Å²) in [4.78, 5) is 13.6. The fourth-order valence-electron chi connectivity index (χ4n) is 3.34. The Bertz CT molecular complexity index is 721. The lowest BCUT2D eigenvalue weighted by Gasteiger charge is -2.32. The van der Waals surface area contributed by atoms with Gasteiger partial charge in [0.1, 0.15) is 0 Å². The van der Waals surface area contributed by atoms with Crippen molar-refractivity contribution >= 4 is 17.6 Å². The Hall–Kier alpha value is -1.84. The molecule has 0 radical (unpaired) electrons. The highest BCUT2D eigenvalue weighted by Gasteiger charge is 2.18. The first-order valence-corrected chi connectivity index (χ1v) is 8.81. The lowest BCUT2D eigenvalue weighted by atomic mass is 9.98. The van der Waals surface area contributed by atoms with Crippen molar-refractivity contribution in [3.63, 3.8) is 0 Å². The number of aromatic carboxylic acids is 1.